The summed E-state index contributed by atoms with van der Waals surface area (Å²) in [5, 5.41) is 12.1. The zero-order valence-corrected chi connectivity index (χ0v) is 15.2. The van der Waals surface area contributed by atoms with Crippen molar-refractivity contribution in [1.82, 2.24) is 5.32 Å². The summed E-state index contributed by atoms with van der Waals surface area (Å²) in [5.41, 5.74) is 2.78. The predicted molar refractivity (Wildman–Crippen MR) is 99.7 cm³/mol. The molecule has 2 unspecified atom stereocenters. The third-order valence-corrected chi connectivity index (χ3v) is 4.07. The van der Waals surface area contributed by atoms with Gasteiger partial charge in [0.2, 0.25) is 0 Å². The van der Waals surface area contributed by atoms with Gasteiger partial charge < -0.3 is 15.2 Å². The Balaban J connectivity index is 2.05. The molecule has 1 aliphatic carbocycles. The van der Waals surface area contributed by atoms with Crippen molar-refractivity contribution < 1.29 is 24.2 Å². The number of aliphatic hydroxyl groups excluding tert-OH is 1. The fraction of sp³-hybridized carbons (Fsp3) is 0.286. The van der Waals surface area contributed by atoms with Crippen LogP contribution in [0.4, 0.5) is 0 Å². The number of benzene rings is 1. The Morgan fingerprint density at radius 3 is 2.41 bits per heavy atom. The van der Waals surface area contributed by atoms with Crippen LogP contribution in [-0.2, 0) is 14.3 Å². The van der Waals surface area contributed by atoms with Crippen LogP contribution in [0.3, 0.4) is 0 Å². The molecule has 0 radical (unpaired) electrons. The zero-order valence-electron chi connectivity index (χ0n) is 15.2. The van der Waals surface area contributed by atoms with Crippen LogP contribution >= 0.6 is 0 Å². The molecule has 1 aliphatic rings. The maximum atomic E-state index is 12.2. The van der Waals surface area contributed by atoms with E-state index >= 15 is 0 Å². The number of methoxy groups -OCH3 is 1. The summed E-state index contributed by atoms with van der Waals surface area (Å²) < 4.78 is 4.57. The molecule has 2 rings (SSSR count). The van der Waals surface area contributed by atoms with Crippen molar-refractivity contribution in [3.05, 3.63) is 58.7 Å². The minimum Gasteiger partial charge on any atom is -0.467 e. The predicted octanol–water partition coefficient (Wildman–Crippen LogP) is 1.54. The standard InChI is InChI=1S/C21H21NO5/c1-14(24)19(21(26)27-2)22-20(25)18-11-9-16(10-12-18)4-3-15-5-7-17(13-23)8-6-15/h5,7,9-14,19,24H,6,8H2,1-2H3,(H,22,25). The SMILES string of the molecule is COC(=O)C(NC(=O)c1ccc(C#CC2=CC=C(C=O)CC2)cc1)C(C)O. The smallest absolute Gasteiger partial charge is 0.331 e. The molecule has 2 atom stereocenters. The molecule has 0 saturated heterocycles. The van der Waals surface area contributed by atoms with Crippen molar-refractivity contribution in [2.45, 2.75) is 31.9 Å². The number of aldehydes is 1. The average molecular weight is 367 g/mol. The maximum Gasteiger partial charge on any atom is 0.331 e. The molecule has 0 heterocycles. The number of rotatable bonds is 5. The molecule has 140 valence electrons. The van der Waals surface area contributed by atoms with Crippen molar-refractivity contribution in [2.75, 3.05) is 7.11 Å². The van der Waals surface area contributed by atoms with Crippen LogP contribution in [0.1, 0.15) is 35.7 Å². The van der Waals surface area contributed by atoms with E-state index < -0.39 is 24.0 Å². The van der Waals surface area contributed by atoms with Gasteiger partial charge in [0.05, 0.1) is 13.2 Å². The van der Waals surface area contributed by atoms with Gasteiger partial charge in [-0.15, -0.1) is 0 Å². The monoisotopic (exact) mass is 367 g/mol. The quantitative estimate of drug-likeness (QED) is 0.468. The van der Waals surface area contributed by atoms with E-state index in [0.717, 1.165) is 29.4 Å². The van der Waals surface area contributed by atoms with Crippen molar-refractivity contribution in [3.63, 3.8) is 0 Å². The lowest BCUT2D eigenvalue weighted by atomic mass is 9.99. The van der Waals surface area contributed by atoms with Crippen LogP contribution in [0.25, 0.3) is 0 Å². The fourth-order valence-electron chi connectivity index (χ4n) is 2.44. The first kappa shape index (κ1) is 20.1. The van der Waals surface area contributed by atoms with Gasteiger partial charge in [0.25, 0.3) is 5.91 Å². The van der Waals surface area contributed by atoms with Crippen LogP contribution in [0.15, 0.2) is 47.6 Å². The van der Waals surface area contributed by atoms with E-state index in [1.165, 1.54) is 14.0 Å². The van der Waals surface area contributed by atoms with Crippen molar-refractivity contribution >= 4 is 18.2 Å². The van der Waals surface area contributed by atoms with E-state index in [0.29, 0.717) is 12.0 Å². The van der Waals surface area contributed by atoms with E-state index in [1.54, 1.807) is 30.3 Å². The highest BCUT2D eigenvalue weighted by Crippen LogP contribution is 2.16. The molecule has 2 N–H and O–H groups in total. The molecule has 6 nitrogen and oxygen atoms in total. The van der Waals surface area contributed by atoms with Gasteiger partial charge in [0, 0.05) is 16.7 Å². The summed E-state index contributed by atoms with van der Waals surface area (Å²) in [4.78, 5) is 34.5. The summed E-state index contributed by atoms with van der Waals surface area (Å²) in [6.45, 7) is 1.40. The molecule has 0 spiro atoms. The van der Waals surface area contributed by atoms with Crippen molar-refractivity contribution in [1.29, 1.82) is 0 Å². The van der Waals surface area contributed by atoms with Gasteiger partial charge >= 0.3 is 5.97 Å². The van der Waals surface area contributed by atoms with Crippen molar-refractivity contribution in [3.8, 4) is 11.8 Å². The van der Waals surface area contributed by atoms with Gasteiger partial charge in [-0.3, -0.25) is 9.59 Å². The number of nitrogens with one attached hydrogen (secondary N) is 1. The van der Waals surface area contributed by atoms with E-state index in [1.807, 2.05) is 6.08 Å². The second-order valence-electron chi connectivity index (χ2n) is 6.09. The number of carbonyl (C=O) groups is 3. The van der Waals surface area contributed by atoms with Crippen LogP contribution in [-0.4, -0.2) is 42.5 Å². The van der Waals surface area contributed by atoms with Crippen LogP contribution in [0.2, 0.25) is 0 Å². The number of aliphatic hydroxyl groups is 1. The topological polar surface area (TPSA) is 92.7 Å². The Morgan fingerprint density at radius 1 is 1.19 bits per heavy atom. The second kappa shape index (κ2) is 9.51. The summed E-state index contributed by atoms with van der Waals surface area (Å²) >= 11 is 0. The highest BCUT2D eigenvalue weighted by Gasteiger charge is 2.26. The minimum atomic E-state index is -1.13. The van der Waals surface area contributed by atoms with Crippen LogP contribution < -0.4 is 5.32 Å². The van der Waals surface area contributed by atoms with Gasteiger partial charge in [0.15, 0.2) is 6.04 Å². The van der Waals surface area contributed by atoms with Crippen LogP contribution in [0.5, 0.6) is 0 Å². The zero-order chi connectivity index (χ0) is 19.8. The van der Waals surface area contributed by atoms with Gasteiger partial charge in [-0.25, -0.2) is 4.79 Å². The molecule has 1 amide bonds. The highest BCUT2D eigenvalue weighted by molar-refractivity contribution is 5.97. The van der Waals surface area contributed by atoms with Gasteiger partial charge in [-0.2, -0.15) is 0 Å². The average Bonchev–Trinajstić information content (AvgIpc) is 2.70. The highest BCUT2D eigenvalue weighted by atomic mass is 16.5. The summed E-state index contributed by atoms with van der Waals surface area (Å²) in [7, 11) is 1.19. The third kappa shape index (κ3) is 5.66. The van der Waals surface area contributed by atoms with E-state index in [-0.39, 0.29) is 0 Å². The maximum absolute atomic E-state index is 12.2. The Kier molecular flexibility index (Phi) is 7.09. The molecule has 6 heteroatoms. The first-order chi connectivity index (χ1) is 12.9. The number of amides is 1. The number of carbonyl (C=O) groups excluding carboxylic acids is 3. The number of hydrogen-bond donors (Lipinski definition) is 2. The number of allylic oxidation sites excluding steroid dienone is 4. The molecule has 27 heavy (non-hydrogen) atoms. The van der Waals surface area contributed by atoms with Crippen molar-refractivity contribution in [2.24, 2.45) is 0 Å². The number of hydrogen-bond acceptors (Lipinski definition) is 5. The second-order valence-corrected chi connectivity index (χ2v) is 6.09. The molecular formula is C21H21NO5. The molecule has 0 aliphatic heterocycles. The summed E-state index contributed by atoms with van der Waals surface area (Å²) in [5.74, 6) is 4.87. The molecule has 0 saturated carbocycles. The molecule has 1 aromatic rings. The molecule has 1 aromatic carbocycles. The lowest BCUT2D eigenvalue weighted by molar-refractivity contribution is -0.145. The van der Waals surface area contributed by atoms with E-state index in [4.69, 9.17) is 0 Å². The fourth-order valence-corrected chi connectivity index (χ4v) is 2.44. The molecule has 0 fully saturated rings. The number of esters is 1. The van der Waals surface area contributed by atoms with Gasteiger partial charge in [-0.1, -0.05) is 24.0 Å². The summed E-state index contributed by atoms with van der Waals surface area (Å²) in [6.07, 6.45) is 4.80. The van der Waals surface area contributed by atoms with E-state index in [2.05, 4.69) is 21.9 Å². The first-order valence-electron chi connectivity index (χ1n) is 8.48. The Labute approximate surface area is 157 Å². The first-order valence-corrected chi connectivity index (χ1v) is 8.48. The minimum absolute atomic E-state index is 0.338. The number of ether oxygens (including phenoxy) is 1. The Bertz CT molecular complexity index is 838. The molecular weight excluding hydrogens is 346 g/mol. The van der Waals surface area contributed by atoms with Gasteiger partial charge in [0.1, 0.15) is 6.29 Å². The van der Waals surface area contributed by atoms with Crippen LogP contribution in [0, 0.1) is 11.8 Å². The lowest BCUT2D eigenvalue weighted by Gasteiger charge is -2.18. The third-order valence-electron chi connectivity index (χ3n) is 4.07. The normalized spacial score (nSPS) is 15.2. The summed E-state index contributed by atoms with van der Waals surface area (Å²) in [6, 6.07) is 5.45. The lowest BCUT2D eigenvalue weighted by Crippen LogP contribution is -2.48. The largest absolute Gasteiger partial charge is 0.467 e. The Hall–Kier alpha value is -3.17. The molecule has 0 bridgehead atoms. The molecule has 0 aromatic heterocycles. The Morgan fingerprint density at radius 2 is 1.89 bits per heavy atom. The van der Waals surface area contributed by atoms with Gasteiger partial charge in [-0.05, 0) is 49.6 Å². The van der Waals surface area contributed by atoms with E-state index in [9.17, 15) is 19.5 Å².